The zero-order chi connectivity index (χ0) is 13.3. The van der Waals surface area contributed by atoms with Crippen LogP contribution in [-0.2, 0) is 6.42 Å². The molecule has 0 aliphatic carbocycles. The average molecular weight is 326 g/mol. The van der Waals surface area contributed by atoms with Crippen molar-refractivity contribution in [1.29, 1.82) is 0 Å². The molecule has 2 aromatic rings. The molecule has 4 heteroatoms. The van der Waals surface area contributed by atoms with Gasteiger partial charge in [0.05, 0.1) is 16.3 Å². The lowest BCUT2D eigenvalue weighted by Gasteiger charge is -2.14. The highest BCUT2D eigenvalue weighted by Gasteiger charge is 2.16. The van der Waals surface area contributed by atoms with Gasteiger partial charge in [0.15, 0.2) is 0 Å². The van der Waals surface area contributed by atoms with E-state index in [0.29, 0.717) is 6.42 Å². The SMILES string of the molecule is Cc1ccc(Br)cc1-c1csc(CC(C)(C)O)n1. The predicted molar refractivity (Wildman–Crippen MR) is 80.0 cm³/mol. The molecular weight excluding hydrogens is 310 g/mol. The van der Waals surface area contributed by atoms with E-state index < -0.39 is 5.60 Å². The van der Waals surface area contributed by atoms with Gasteiger partial charge in [-0.25, -0.2) is 4.98 Å². The maximum absolute atomic E-state index is 9.81. The van der Waals surface area contributed by atoms with Crippen LogP contribution in [0.2, 0.25) is 0 Å². The molecule has 0 fully saturated rings. The standard InChI is InChI=1S/C14H16BrNOS/c1-9-4-5-10(15)6-11(9)12-8-18-13(16-12)7-14(2,3)17/h4-6,8,17H,7H2,1-3H3. The van der Waals surface area contributed by atoms with Gasteiger partial charge >= 0.3 is 0 Å². The van der Waals surface area contributed by atoms with Gasteiger partial charge < -0.3 is 5.11 Å². The van der Waals surface area contributed by atoms with Crippen molar-refractivity contribution in [1.82, 2.24) is 4.98 Å². The van der Waals surface area contributed by atoms with Crippen LogP contribution in [0.15, 0.2) is 28.1 Å². The van der Waals surface area contributed by atoms with Crippen molar-refractivity contribution < 1.29 is 5.11 Å². The first kappa shape index (κ1) is 13.7. The molecule has 1 aromatic heterocycles. The van der Waals surface area contributed by atoms with Crippen LogP contribution in [0.3, 0.4) is 0 Å². The predicted octanol–water partition coefficient (Wildman–Crippen LogP) is 4.19. The summed E-state index contributed by atoms with van der Waals surface area (Å²) in [5.74, 6) is 0. The second-order valence-electron chi connectivity index (χ2n) is 5.07. The summed E-state index contributed by atoms with van der Waals surface area (Å²) in [5.41, 5.74) is 2.63. The first-order valence-corrected chi connectivity index (χ1v) is 7.46. The molecule has 96 valence electrons. The Morgan fingerprint density at radius 3 is 2.78 bits per heavy atom. The van der Waals surface area contributed by atoms with Gasteiger partial charge in [0, 0.05) is 21.8 Å². The van der Waals surface area contributed by atoms with E-state index in [9.17, 15) is 5.11 Å². The smallest absolute Gasteiger partial charge is 0.0961 e. The number of halogens is 1. The fraction of sp³-hybridized carbons (Fsp3) is 0.357. The molecule has 18 heavy (non-hydrogen) atoms. The molecule has 1 aromatic carbocycles. The molecule has 0 aliphatic rings. The van der Waals surface area contributed by atoms with E-state index in [-0.39, 0.29) is 0 Å². The van der Waals surface area contributed by atoms with Crippen molar-refractivity contribution in [2.75, 3.05) is 0 Å². The molecule has 0 atom stereocenters. The van der Waals surface area contributed by atoms with Crippen LogP contribution in [0.5, 0.6) is 0 Å². The Morgan fingerprint density at radius 1 is 1.39 bits per heavy atom. The van der Waals surface area contributed by atoms with Crippen LogP contribution in [-0.4, -0.2) is 15.7 Å². The summed E-state index contributed by atoms with van der Waals surface area (Å²) < 4.78 is 1.06. The number of nitrogens with zero attached hydrogens (tertiary/aromatic N) is 1. The molecule has 2 nitrogen and oxygen atoms in total. The molecule has 0 saturated heterocycles. The maximum atomic E-state index is 9.81. The molecule has 0 aliphatic heterocycles. The summed E-state index contributed by atoms with van der Waals surface area (Å²) in [5, 5.41) is 12.8. The number of thiazole rings is 1. The fourth-order valence-electron chi connectivity index (χ4n) is 1.76. The van der Waals surface area contributed by atoms with Gasteiger partial charge in [0.1, 0.15) is 0 Å². The average Bonchev–Trinajstić information content (AvgIpc) is 2.67. The van der Waals surface area contributed by atoms with Crippen molar-refractivity contribution in [3.05, 3.63) is 38.6 Å². The van der Waals surface area contributed by atoms with Gasteiger partial charge in [-0.15, -0.1) is 11.3 Å². The molecule has 0 bridgehead atoms. The van der Waals surface area contributed by atoms with Crippen LogP contribution in [0.25, 0.3) is 11.3 Å². The largest absolute Gasteiger partial charge is 0.390 e. The van der Waals surface area contributed by atoms with Crippen molar-refractivity contribution in [2.45, 2.75) is 32.8 Å². The second-order valence-corrected chi connectivity index (χ2v) is 6.93. The monoisotopic (exact) mass is 325 g/mol. The second kappa shape index (κ2) is 5.11. The van der Waals surface area contributed by atoms with Gasteiger partial charge in [-0.2, -0.15) is 0 Å². The summed E-state index contributed by atoms with van der Waals surface area (Å²) >= 11 is 5.08. The molecule has 2 rings (SSSR count). The van der Waals surface area contributed by atoms with Crippen molar-refractivity contribution in [3.63, 3.8) is 0 Å². The molecule has 0 radical (unpaired) electrons. The highest BCUT2D eigenvalue weighted by Crippen LogP contribution is 2.29. The molecule has 1 N–H and O–H groups in total. The lowest BCUT2D eigenvalue weighted by molar-refractivity contribution is 0.0809. The minimum absolute atomic E-state index is 0.588. The minimum Gasteiger partial charge on any atom is -0.390 e. The number of hydrogen-bond donors (Lipinski definition) is 1. The molecule has 0 spiro atoms. The van der Waals surface area contributed by atoms with Gasteiger partial charge in [-0.1, -0.05) is 22.0 Å². The lowest BCUT2D eigenvalue weighted by Crippen LogP contribution is -2.21. The van der Waals surface area contributed by atoms with Gasteiger partial charge in [0.2, 0.25) is 0 Å². The number of rotatable bonds is 3. The van der Waals surface area contributed by atoms with E-state index in [1.54, 1.807) is 25.2 Å². The Kier molecular flexibility index (Phi) is 3.90. The molecule has 0 amide bonds. The summed E-state index contributed by atoms with van der Waals surface area (Å²) in [6.07, 6.45) is 0.588. The summed E-state index contributed by atoms with van der Waals surface area (Å²) in [4.78, 5) is 4.61. The van der Waals surface area contributed by atoms with E-state index in [1.165, 1.54) is 5.56 Å². The number of aromatic nitrogens is 1. The maximum Gasteiger partial charge on any atom is 0.0961 e. The number of benzene rings is 1. The normalized spacial score (nSPS) is 11.8. The quantitative estimate of drug-likeness (QED) is 0.917. The van der Waals surface area contributed by atoms with E-state index >= 15 is 0 Å². The van der Waals surface area contributed by atoms with E-state index in [0.717, 1.165) is 20.7 Å². The minimum atomic E-state index is -0.707. The molecule has 0 saturated carbocycles. The van der Waals surface area contributed by atoms with Gasteiger partial charge in [-0.05, 0) is 38.5 Å². The van der Waals surface area contributed by atoms with Crippen molar-refractivity contribution in [2.24, 2.45) is 0 Å². The third-order valence-electron chi connectivity index (χ3n) is 2.61. The number of hydrogen-bond acceptors (Lipinski definition) is 3. The summed E-state index contributed by atoms with van der Waals surface area (Å²) in [6.45, 7) is 5.69. The molecule has 1 heterocycles. The van der Waals surface area contributed by atoms with Gasteiger partial charge in [-0.3, -0.25) is 0 Å². The first-order chi connectivity index (χ1) is 8.35. The third kappa shape index (κ3) is 3.40. The van der Waals surface area contributed by atoms with Gasteiger partial charge in [0.25, 0.3) is 0 Å². The van der Waals surface area contributed by atoms with Crippen LogP contribution in [0.4, 0.5) is 0 Å². The summed E-state index contributed by atoms with van der Waals surface area (Å²) in [6, 6.07) is 6.19. The fourth-order valence-corrected chi connectivity index (χ4v) is 3.13. The highest BCUT2D eigenvalue weighted by molar-refractivity contribution is 9.10. The zero-order valence-electron chi connectivity index (χ0n) is 10.7. The van der Waals surface area contributed by atoms with Crippen LogP contribution in [0, 0.1) is 6.92 Å². The Balaban J connectivity index is 2.32. The van der Waals surface area contributed by atoms with E-state index in [1.807, 2.05) is 6.07 Å². The Morgan fingerprint density at radius 2 is 2.11 bits per heavy atom. The topological polar surface area (TPSA) is 33.1 Å². The van der Waals surface area contributed by atoms with E-state index in [4.69, 9.17) is 0 Å². The van der Waals surface area contributed by atoms with Crippen molar-refractivity contribution >= 4 is 27.3 Å². The summed E-state index contributed by atoms with van der Waals surface area (Å²) in [7, 11) is 0. The first-order valence-electron chi connectivity index (χ1n) is 5.78. The van der Waals surface area contributed by atoms with Crippen LogP contribution < -0.4 is 0 Å². The highest BCUT2D eigenvalue weighted by atomic mass is 79.9. The molecule has 0 unspecified atom stereocenters. The lowest BCUT2D eigenvalue weighted by atomic mass is 10.1. The number of aryl methyl sites for hydroxylation is 1. The third-order valence-corrected chi connectivity index (χ3v) is 3.95. The van der Waals surface area contributed by atoms with Crippen LogP contribution >= 0.6 is 27.3 Å². The molecular formula is C14H16BrNOS. The zero-order valence-corrected chi connectivity index (χ0v) is 13.1. The van der Waals surface area contributed by atoms with Crippen molar-refractivity contribution in [3.8, 4) is 11.3 Å². The Hall–Kier alpha value is -0.710. The Bertz CT molecular complexity index is 557. The van der Waals surface area contributed by atoms with E-state index in [2.05, 4.69) is 45.4 Å². The number of aliphatic hydroxyl groups is 1. The van der Waals surface area contributed by atoms with Crippen LogP contribution in [0.1, 0.15) is 24.4 Å². The Labute approximate surface area is 120 Å².